The van der Waals surface area contributed by atoms with Gasteiger partial charge in [0, 0.05) is 11.6 Å². The number of nitrogens with one attached hydrogen (secondary N) is 1. The molecule has 3 unspecified atom stereocenters. The molecule has 0 aliphatic heterocycles. The van der Waals surface area contributed by atoms with Crippen molar-refractivity contribution in [3.05, 3.63) is 29.3 Å². The Kier molecular flexibility index (Phi) is 4.58. The minimum Gasteiger partial charge on any atom is -0.389 e. The summed E-state index contributed by atoms with van der Waals surface area (Å²) in [5.41, 5.74) is 5.50. The molecular weight excluding hydrogens is 278 g/mol. The molecule has 0 radical (unpaired) electrons. The Labute approximate surface area is 123 Å². The summed E-state index contributed by atoms with van der Waals surface area (Å²) in [6.45, 7) is 4.37. The summed E-state index contributed by atoms with van der Waals surface area (Å²) in [7, 11) is 0. The third kappa shape index (κ3) is 3.08. The maximum absolute atomic E-state index is 14.0. The fraction of sp³-hybridized carbons (Fsp3) is 0.533. The number of thiocarbonyl (C=S) groups is 1. The third-order valence-corrected chi connectivity index (χ3v) is 4.34. The van der Waals surface area contributed by atoms with Gasteiger partial charge in [0.1, 0.15) is 4.99 Å². The van der Waals surface area contributed by atoms with Gasteiger partial charge in [-0.25, -0.2) is 8.78 Å². The Bertz CT molecular complexity index is 519. The highest BCUT2D eigenvalue weighted by Crippen LogP contribution is 2.32. The summed E-state index contributed by atoms with van der Waals surface area (Å²) >= 11 is 4.70. The maximum atomic E-state index is 14.0. The van der Waals surface area contributed by atoms with Gasteiger partial charge in [-0.05, 0) is 43.2 Å². The molecule has 1 aliphatic carbocycles. The summed E-state index contributed by atoms with van der Waals surface area (Å²) in [4.78, 5) is -0.132. The van der Waals surface area contributed by atoms with Crippen LogP contribution in [-0.2, 0) is 0 Å². The predicted molar refractivity (Wildman–Crippen MR) is 81.8 cm³/mol. The van der Waals surface area contributed by atoms with Crippen LogP contribution in [-0.4, -0.2) is 11.0 Å². The predicted octanol–water partition coefficient (Wildman–Crippen LogP) is 3.84. The molecule has 0 aromatic heterocycles. The van der Waals surface area contributed by atoms with E-state index in [9.17, 15) is 8.78 Å². The molecule has 1 aliphatic rings. The average molecular weight is 298 g/mol. The van der Waals surface area contributed by atoms with Crippen LogP contribution in [0.4, 0.5) is 14.5 Å². The second kappa shape index (κ2) is 6.04. The van der Waals surface area contributed by atoms with Crippen LogP contribution in [0.3, 0.4) is 0 Å². The van der Waals surface area contributed by atoms with Crippen LogP contribution < -0.4 is 11.1 Å². The minimum absolute atomic E-state index is 0.0478. The van der Waals surface area contributed by atoms with Gasteiger partial charge in [-0.3, -0.25) is 0 Å². The summed E-state index contributed by atoms with van der Waals surface area (Å²) in [5.74, 6) is -0.737. The quantitative estimate of drug-likeness (QED) is 0.833. The van der Waals surface area contributed by atoms with Crippen LogP contribution >= 0.6 is 12.2 Å². The average Bonchev–Trinajstić information content (AvgIpc) is 2.37. The van der Waals surface area contributed by atoms with Crippen molar-refractivity contribution in [3.8, 4) is 0 Å². The molecule has 2 rings (SSSR count). The number of anilines is 1. The largest absolute Gasteiger partial charge is 0.389 e. The normalized spacial score (nSPS) is 26.3. The Morgan fingerprint density at radius 3 is 2.55 bits per heavy atom. The van der Waals surface area contributed by atoms with E-state index in [0.717, 1.165) is 19.3 Å². The summed E-state index contributed by atoms with van der Waals surface area (Å²) in [6.07, 6.45) is 3.18. The van der Waals surface area contributed by atoms with Gasteiger partial charge in [-0.15, -0.1) is 0 Å². The van der Waals surface area contributed by atoms with Crippen LogP contribution in [0, 0.1) is 23.5 Å². The first-order chi connectivity index (χ1) is 9.40. The van der Waals surface area contributed by atoms with Crippen molar-refractivity contribution >= 4 is 22.9 Å². The Balaban J connectivity index is 2.18. The van der Waals surface area contributed by atoms with Crippen molar-refractivity contribution in [2.75, 3.05) is 5.32 Å². The first-order valence-electron chi connectivity index (χ1n) is 6.94. The third-order valence-electron chi connectivity index (χ3n) is 4.12. The fourth-order valence-electron chi connectivity index (χ4n) is 2.93. The molecule has 0 bridgehead atoms. The van der Waals surface area contributed by atoms with Gasteiger partial charge in [-0.2, -0.15) is 0 Å². The zero-order valence-corrected chi connectivity index (χ0v) is 12.6. The second-order valence-corrected chi connectivity index (χ2v) is 6.24. The molecule has 0 spiro atoms. The smallest absolute Gasteiger partial charge is 0.182 e. The number of hydrogen-bond acceptors (Lipinski definition) is 2. The Morgan fingerprint density at radius 2 is 1.95 bits per heavy atom. The highest BCUT2D eigenvalue weighted by Gasteiger charge is 2.26. The van der Waals surface area contributed by atoms with Crippen molar-refractivity contribution in [1.82, 2.24) is 0 Å². The second-order valence-electron chi connectivity index (χ2n) is 5.80. The summed E-state index contributed by atoms with van der Waals surface area (Å²) in [5, 5.41) is 3.13. The van der Waals surface area contributed by atoms with Crippen molar-refractivity contribution in [1.29, 1.82) is 0 Å². The van der Waals surface area contributed by atoms with E-state index < -0.39 is 11.6 Å². The lowest BCUT2D eigenvalue weighted by atomic mass is 9.80. The topological polar surface area (TPSA) is 38.0 Å². The van der Waals surface area contributed by atoms with Gasteiger partial charge in [0.2, 0.25) is 0 Å². The first kappa shape index (κ1) is 15.2. The number of benzene rings is 1. The minimum atomic E-state index is -0.973. The van der Waals surface area contributed by atoms with Crippen LogP contribution in [0.5, 0.6) is 0 Å². The highest BCUT2D eigenvalue weighted by atomic mass is 32.1. The van der Waals surface area contributed by atoms with Crippen molar-refractivity contribution in [2.45, 2.75) is 39.2 Å². The zero-order valence-electron chi connectivity index (χ0n) is 11.7. The van der Waals surface area contributed by atoms with Crippen LogP contribution in [0.1, 0.15) is 38.7 Å². The molecule has 1 fully saturated rings. The SMILES string of the molecule is CC1CCC(Nc2ccc(C(N)=S)c(F)c2F)C(C)C1. The fourth-order valence-corrected chi connectivity index (χ4v) is 3.09. The molecule has 110 valence electrons. The number of halogens is 2. The molecule has 1 aromatic rings. The monoisotopic (exact) mass is 298 g/mol. The number of hydrogen-bond donors (Lipinski definition) is 2. The van der Waals surface area contributed by atoms with Gasteiger partial charge in [-0.1, -0.05) is 26.1 Å². The van der Waals surface area contributed by atoms with Gasteiger partial charge in [0.25, 0.3) is 0 Å². The van der Waals surface area contributed by atoms with Crippen molar-refractivity contribution in [2.24, 2.45) is 17.6 Å². The van der Waals surface area contributed by atoms with E-state index >= 15 is 0 Å². The van der Waals surface area contributed by atoms with E-state index in [1.54, 1.807) is 0 Å². The molecule has 1 saturated carbocycles. The van der Waals surface area contributed by atoms with E-state index in [0.29, 0.717) is 11.8 Å². The lowest BCUT2D eigenvalue weighted by Gasteiger charge is -2.34. The maximum Gasteiger partial charge on any atom is 0.182 e. The van der Waals surface area contributed by atoms with Crippen LogP contribution in [0.2, 0.25) is 0 Å². The van der Waals surface area contributed by atoms with Crippen molar-refractivity contribution < 1.29 is 8.78 Å². The van der Waals surface area contributed by atoms with E-state index in [-0.39, 0.29) is 22.3 Å². The summed E-state index contributed by atoms with van der Waals surface area (Å²) < 4.78 is 27.9. The first-order valence-corrected chi connectivity index (χ1v) is 7.35. The molecule has 2 nitrogen and oxygen atoms in total. The van der Waals surface area contributed by atoms with E-state index in [1.807, 2.05) is 0 Å². The molecule has 0 amide bonds. The van der Waals surface area contributed by atoms with E-state index in [1.165, 1.54) is 12.1 Å². The molecular formula is C15H20F2N2S. The molecule has 3 atom stereocenters. The van der Waals surface area contributed by atoms with Gasteiger partial charge >= 0.3 is 0 Å². The van der Waals surface area contributed by atoms with E-state index in [4.69, 9.17) is 18.0 Å². The number of nitrogens with two attached hydrogens (primary N) is 1. The zero-order chi connectivity index (χ0) is 14.9. The van der Waals surface area contributed by atoms with Crippen LogP contribution in [0.25, 0.3) is 0 Å². The highest BCUT2D eigenvalue weighted by molar-refractivity contribution is 7.80. The molecule has 0 heterocycles. The van der Waals surface area contributed by atoms with Gasteiger partial charge in [0.15, 0.2) is 11.6 Å². The lowest BCUT2D eigenvalue weighted by molar-refractivity contribution is 0.276. The number of rotatable bonds is 3. The molecule has 5 heteroatoms. The van der Waals surface area contributed by atoms with Crippen LogP contribution in [0.15, 0.2) is 12.1 Å². The van der Waals surface area contributed by atoms with Crippen molar-refractivity contribution in [3.63, 3.8) is 0 Å². The lowest BCUT2D eigenvalue weighted by Crippen LogP contribution is -2.33. The molecule has 0 saturated heterocycles. The van der Waals surface area contributed by atoms with E-state index in [2.05, 4.69) is 19.2 Å². The van der Waals surface area contributed by atoms with Gasteiger partial charge < -0.3 is 11.1 Å². The summed E-state index contributed by atoms with van der Waals surface area (Å²) in [6, 6.07) is 3.12. The molecule has 20 heavy (non-hydrogen) atoms. The molecule has 1 aromatic carbocycles. The standard InChI is InChI=1S/C15H20F2N2S/c1-8-3-5-11(9(2)7-8)19-12-6-4-10(15(18)20)13(16)14(12)17/h4,6,8-9,11,19H,3,5,7H2,1-2H3,(H2,18,20). The Hall–Kier alpha value is -1.23. The molecule has 3 N–H and O–H groups in total. The van der Waals surface area contributed by atoms with Gasteiger partial charge in [0.05, 0.1) is 5.69 Å². The Morgan fingerprint density at radius 1 is 1.25 bits per heavy atom.